The maximum atomic E-state index is 11.2. The van der Waals surface area contributed by atoms with Crippen molar-refractivity contribution >= 4 is 39.0 Å². The summed E-state index contributed by atoms with van der Waals surface area (Å²) in [6.45, 7) is 0. The highest BCUT2D eigenvalue weighted by atomic mass is 32.2. The minimum Gasteiger partial charge on any atom is -0.223 e. The smallest absolute Gasteiger partial charge is 0.185 e. The van der Waals surface area contributed by atoms with Gasteiger partial charge < -0.3 is 0 Å². The van der Waals surface area contributed by atoms with Gasteiger partial charge in [-0.15, -0.1) is 23.1 Å². The Morgan fingerprint density at radius 2 is 2.33 bits per heavy atom. The summed E-state index contributed by atoms with van der Waals surface area (Å²) in [7, 11) is -3.42. The van der Waals surface area contributed by atoms with E-state index in [0.717, 1.165) is 16.0 Å². The largest absolute Gasteiger partial charge is 0.223 e. The molecule has 3 nitrogen and oxygen atoms in total. The molecule has 1 heterocycles. The van der Waals surface area contributed by atoms with Crippen molar-refractivity contribution in [1.29, 1.82) is 5.26 Å². The van der Waals surface area contributed by atoms with Crippen LogP contribution in [-0.2, 0) is 9.84 Å². The maximum Gasteiger partial charge on any atom is 0.185 e. The van der Waals surface area contributed by atoms with E-state index in [-0.39, 0.29) is 4.91 Å². The van der Waals surface area contributed by atoms with Gasteiger partial charge in [0.2, 0.25) is 0 Å². The molecule has 1 aromatic heterocycles. The SMILES string of the molecule is CSc1sccc1/C=C(\C#N)S(C)(=O)=O. The van der Waals surface area contributed by atoms with Crippen LogP contribution in [0.1, 0.15) is 5.56 Å². The highest BCUT2D eigenvalue weighted by Gasteiger charge is 2.11. The van der Waals surface area contributed by atoms with E-state index >= 15 is 0 Å². The van der Waals surface area contributed by atoms with Crippen molar-refractivity contribution in [3.05, 3.63) is 21.9 Å². The van der Waals surface area contributed by atoms with E-state index in [9.17, 15) is 8.42 Å². The van der Waals surface area contributed by atoms with Crippen molar-refractivity contribution in [3.8, 4) is 6.07 Å². The fourth-order valence-electron chi connectivity index (χ4n) is 0.942. The number of hydrogen-bond acceptors (Lipinski definition) is 5. The summed E-state index contributed by atoms with van der Waals surface area (Å²) in [5.74, 6) is 0. The first-order valence-corrected chi connectivity index (χ1v) is 7.92. The van der Waals surface area contributed by atoms with Crippen LogP contribution in [-0.4, -0.2) is 20.9 Å². The van der Waals surface area contributed by atoms with Gasteiger partial charge in [-0.2, -0.15) is 5.26 Å². The summed E-state index contributed by atoms with van der Waals surface area (Å²) in [5.41, 5.74) is 0.787. The lowest BCUT2D eigenvalue weighted by atomic mass is 10.3. The van der Waals surface area contributed by atoms with Crippen LogP contribution in [0.25, 0.3) is 6.08 Å². The predicted molar refractivity (Wildman–Crippen MR) is 64.5 cm³/mol. The number of rotatable bonds is 3. The third kappa shape index (κ3) is 3.09. The summed E-state index contributed by atoms with van der Waals surface area (Å²) < 4.78 is 23.4. The maximum absolute atomic E-state index is 11.2. The summed E-state index contributed by atoms with van der Waals surface area (Å²) in [4.78, 5) is -0.198. The molecule has 0 amide bonds. The minimum absolute atomic E-state index is 0.198. The number of nitrogens with zero attached hydrogens (tertiary/aromatic N) is 1. The molecule has 0 aliphatic carbocycles. The zero-order valence-corrected chi connectivity index (χ0v) is 10.7. The highest BCUT2D eigenvalue weighted by Crippen LogP contribution is 2.28. The van der Waals surface area contributed by atoms with Gasteiger partial charge in [-0.3, -0.25) is 0 Å². The van der Waals surface area contributed by atoms with Crippen LogP contribution in [0, 0.1) is 11.3 Å². The number of allylic oxidation sites excluding steroid dienone is 1. The third-order valence-corrected chi connectivity index (χ3v) is 4.77. The Balaban J connectivity index is 3.23. The molecule has 0 spiro atoms. The topological polar surface area (TPSA) is 57.9 Å². The molecular weight excluding hydrogens is 250 g/mol. The molecule has 0 atom stereocenters. The van der Waals surface area contributed by atoms with Crippen LogP contribution >= 0.6 is 23.1 Å². The molecule has 0 saturated heterocycles. The monoisotopic (exact) mass is 259 g/mol. The van der Waals surface area contributed by atoms with E-state index < -0.39 is 9.84 Å². The Kier molecular flexibility index (Phi) is 3.97. The Bertz CT molecular complexity index is 520. The Labute approximate surface area is 97.3 Å². The molecule has 6 heteroatoms. The van der Waals surface area contributed by atoms with Crippen molar-refractivity contribution in [3.63, 3.8) is 0 Å². The van der Waals surface area contributed by atoms with Gasteiger partial charge in [0.05, 0.1) is 4.21 Å². The van der Waals surface area contributed by atoms with E-state index in [1.54, 1.807) is 12.1 Å². The van der Waals surface area contributed by atoms with E-state index in [2.05, 4.69) is 0 Å². The molecule has 0 N–H and O–H groups in total. The van der Waals surface area contributed by atoms with Gasteiger partial charge in [-0.25, -0.2) is 8.42 Å². The van der Waals surface area contributed by atoms with Crippen LogP contribution in [0.5, 0.6) is 0 Å². The van der Waals surface area contributed by atoms with Crippen molar-refractivity contribution in [2.24, 2.45) is 0 Å². The number of thioether (sulfide) groups is 1. The second kappa shape index (κ2) is 4.84. The minimum atomic E-state index is -3.42. The summed E-state index contributed by atoms with van der Waals surface area (Å²) >= 11 is 3.06. The van der Waals surface area contributed by atoms with Crippen LogP contribution in [0.4, 0.5) is 0 Å². The average Bonchev–Trinajstić information content (AvgIpc) is 2.59. The Hall–Kier alpha value is -0.770. The van der Waals surface area contributed by atoms with E-state index in [1.165, 1.54) is 29.2 Å². The van der Waals surface area contributed by atoms with E-state index in [0.29, 0.717) is 0 Å². The molecule has 1 aromatic rings. The molecule has 0 aliphatic heterocycles. The molecule has 0 aromatic carbocycles. The van der Waals surface area contributed by atoms with E-state index in [4.69, 9.17) is 5.26 Å². The van der Waals surface area contributed by atoms with Gasteiger partial charge in [0, 0.05) is 11.8 Å². The molecule has 0 fully saturated rings. The fraction of sp³-hybridized carbons (Fsp3) is 0.222. The lowest BCUT2D eigenvalue weighted by molar-refractivity contribution is 0.609. The second-order valence-corrected chi connectivity index (χ2v) is 6.74. The van der Waals surface area contributed by atoms with Gasteiger partial charge in [0.25, 0.3) is 0 Å². The average molecular weight is 259 g/mol. The quantitative estimate of drug-likeness (QED) is 0.617. The molecule has 0 radical (unpaired) electrons. The van der Waals surface area contributed by atoms with E-state index in [1.807, 2.05) is 11.6 Å². The summed E-state index contributed by atoms with van der Waals surface area (Å²) in [6, 6.07) is 3.50. The first kappa shape index (κ1) is 12.3. The predicted octanol–water partition coefficient (Wildman–Crippen LogP) is 2.38. The molecule has 0 saturated carbocycles. The molecular formula is C9H9NO2S3. The zero-order valence-electron chi connectivity index (χ0n) is 8.22. The second-order valence-electron chi connectivity index (χ2n) is 2.76. The molecule has 0 bridgehead atoms. The number of thiophene rings is 1. The normalized spacial score (nSPS) is 12.5. The molecule has 80 valence electrons. The Morgan fingerprint density at radius 3 is 2.80 bits per heavy atom. The number of sulfone groups is 1. The van der Waals surface area contributed by atoms with Crippen LogP contribution in [0.3, 0.4) is 0 Å². The molecule has 0 unspecified atom stereocenters. The van der Waals surface area contributed by atoms with Crippen LogP contribution < -0.4 is 0 Å². The van der Waals surface area contributed by atoms with Crippen LogP contribution in [0.15, 0.2) is 20.6 Å². The fourth-order valence-corrected chi connectivity index (χ4v) is 2.96. The summed E-state index contributed by atoms with van der Waals surface area (Å²) in [6.07, 6.45) is 4.36. The first-order chi connectivity index (χ1) is 6.99. The molecule has 15 heavy (non-hydrogen) atoms. The van der Waals surface area contributed by atoms with Crippen molar-refractivity contribution < 1.29 is 8.42 Å². The lowest BCUT2D eigenvalue weighted by Gasteiger charge is -1.96. The standard InChI is InChI=1S/C9H9NO2S3/c1-13-9-7(3-4-14-9)5-8(6-10)15(2,11)12/h3-5H,1-2H3/b8-5+. The molecule has 1 rings (SSSR count). The van der Waals surface area contributed by atoms with Crippen molar-refractivity contribution in [1.82, 2.24) is 0 Å². The lowest BCUT2D eigenvalue weighted by Crippen LogP contribution is -1.98. The summed E-state index contributed by atoms with van der Waals surface area (Å²) in [5, 5.41) is 10.6. The zero-order chi connectivity index (χ0) is 11.5. The number of nitriles is 1. The van der Waals surface area contributed by atoms with Gasteiger partial charge in [-0.1, -0.05) is 0 Å². The van der Waals surface area contributed by atoms with Crippen molar-refractivity contribution in [2.45, 2.75) is 4.21 Å². The van der Waals surface area contributed by atoms with Crippen molar-refractivity contribution in [2.75, 3.05) is 12.5 Å². The first-order valence-electron chi connectivity index (χ1n) is 3.92. The third-order valence-electron chi connectivity index (χ3n) is 1.64. The van der Waals surface area contributed by atoms with Gasteiger partial charge >= 0.3 is 0 Å². The number of hydrogen-bond donors (Lipinski definition) is 0. The Morgan fingerprint density at radius 1 is 1.67 bits per heavy atom. The van der Waals surface area contributed by atoms with Gasteiger partial charge in [0.15, 0.2) is 9.84 Å². The van der Waals surface area contributed by atoms with Gasteiger partial charge in [0.1, 0.15) is 11.0 Å². The van der Waals surface area contributed by atoms with Crippen LogP contribution in [0.2, 0.25) is 0 Å². The molecule has 0 aliphatic rings. The van der Waals surface area contributed by atoms with Gasteiger partial charge in [-0.05, 0) is 23.8 Å². The highest BCUT2D eigenvalue weighted by molar-refractivity contribution is 8.00.